The van der Waals surface area contributed by atoms with Gasteiger partial charge in [-0.25, -0.2) is 0 Å². The highest BCUT2D eigenvalue weighted by Crippen LogP contribution is 2.23. The van der Waals surface area contributed by atoms with Gasteiger partial charge >= 0.3 is 0 Å². The molecule has 0 radical (unpaired) electrons. The second-order valence-electron chi connectivity index (χ2n) is 8.55. The summed E-state index contributed by atoms with van der Waals surface area (Å²) < 4.78 is 7.07. The summed E-state index contributed by atoms with van der Waals surface area (Å²) in [4.78, 5) is 27.0. The molecule has 9 heteroatoms. The molecule has 33 heavy (non-hydrogen) atoms. The van der Waals surface area contributed by atoms with Gasteiger partial charge in [0, 0.05) is 50.7 Å². The van der Waals surface area contributed by atoms with E-state index < -0.39 is 0 Å². The lowest BCUT2D eigenvalue weighted by Crippen LogP contribution is -2.34. The smallest absolute Gasteiger partial charge is 0.246 e. The van der Waals surface area contributed by atoms with Gasteiger partial charge in [0.2, 0.25) is 11.8 Å². The van der Waals surface area contributed by atoms with Crippen molar-refractivity contribution in [2.45, 2.75) is 45.7 Å². The fraction of sp³-hybridized carbons (Fsp3) is 0.500. The van der Waals surface area contributed by atoms with E-state index in [0.717, 1.165) is 23.6 Å². The molecule has 1 aliphatic heterocycles. The molecule has 0 bridgehead atoms. The van der Waals surface area contributed by atoms with E-state index in [1.165, 1.54) is 0 Å². The SMILES string of the molecule is COCCC(=O)NC(CC(C)C)c1nnc2n1CCN(C(=O)/C=C/c1ccccc1Cl)CC2. The number of aromatic nitrogens is 3. The Morgan fingerprint density at radius 2 is 2.00 bits per heavy atom. The van der Waals surface area contributed by atoms with Crippen molar-refractivity contribution >= 4 is 29.5 Å². The van der Waals surface area contributed by atoms with Gasteiger partial charge in [-0.1, -0.05) is 43.6 Å². The number of nitrogens with zero attached hydrogens (tertiary/aromatic N) is 4. The third kappa shape index (κ3) is 6.88. The molecule has 0 fully saturated rings. The van der Waals surface area contributed by atoms with Crippen LogP contribution in [0.25, 0.3) is 6.08 Å². The molecule has 2 amide bonds. The zero-order chi connectivity index (χ0) is 23.8. The van der Waals surface area contributed by atoms with Crippen LogP contribution in [0, 0.1) is 5.92 Å². The number of amides is 2. The first kappa shape index (κ1) is 24.9. The van der Waals surface area contributed by atoms with Crippen molar-refractivity contribution in [2.75, 3.05) is 26.8 Å². The Kier molecular flexibility index (Phi) is 9.03. The Labute approximate surface area is 200 Å². The number of benzene rings is 1. The first-order valence-electron chi connectivity index (χ1n) is 11.3. The molecule has 2 aromatic rings. The summed E-state index contributed by atoms with van der Waals surface area (Å²) in [6.07, 6.45) is 4.96. The van der Waals surface area contributed by atoms with Crippen molar-refractivity contribution in [2.24, 2.45) is 5.92 Å². The molecule has 0 spiro atoms. The molecule has 0 saturated carbocycles. The molecule has 1 atom stereocenters. The highest BCUT2D eigenvalue weighted by molar-refractivity contribution is 6.32. The number of halogens is 1. The number of rotatable bonds is 9. The number of hydrogen-bond donors (Lipinski definition) is 1. The highest BCUT2D eigenvalue weighted by atomic mass is 35.5. The van der Waals surface area contributed by atoms with Crippen molar-refractivity contribution in [3.63, 3.8) is 0 Å². The monoisotopic (exact) mass is 473 g/mol. The number of fused-ring (bicyclic) bond motifs is 1. The lowest BCUT2D eigenvalue weighted by Gasteiger charge is -2.22. The summed E-state index contributed by atoms with van der Waals surface area (Å²) in [6.45, 7) is 6.26. The first-order chi connectivity index (χ1) is 15.9. The van der Waals surface area contributed by atoms with Gasteiger partial charge in [0.1, 0.15) is 5.82 Å². The lowest BCUT2D eigenvalue weighted by atomic mass is 10.0. The molecule has 1 unspecified atom stereocenters. The maximum Gasteiger partial charge on any atom is 0.246 e. The van der Waals surface area contributed by atoms with Crippen molar-refractivity contribution in [3.05, 3.63) is 52.6 Å². The minimum absolute atomic E-state index is 0.0678. The van der Waals surface area contributed by atoms with Gasteiger partial charge in [-0.3, -0.25) is 9.59 Å². The molecular weight excluding hydrogens is 442 g/mol. The van der Waals surface area contributed by atoms with Crippen molar-refractivity contribution < 1.29 is 14.3 Å². The van der Waals surface area contributed by atoms with E-state index in [1.54, 1.807) is 30.2 Å². The topological polar surface area (TPSA) is 89.3 Å². The van der Waals surface area contributed by atoms with E-state index in [-0.39, 0.29) is 17.9 Å². The molecule has 0 saturated heterocycles. The number of carbonyl (C=O) groups excluding carboxylic acids is 2. The average Bonchev–Trinajstić information content (AvgIpc) is 3.07. The Morgan fingerprint density at radius 3 is 2.73 bits per heavy atom. The largest absolute Gasteiger partial charge is 0.384 e. The first-order valence-corrected chi connectivity index (χ1v) is 11.7. The predicted octanol–water partition coefficient (Wildman–Crippen LogP) is 3.27. The quantitative estimate of drug-likeness (QED) is 0.564. The summed E-state index contributed by atoms with van der Waals surface area (Å²) in [5.41, 5.74) is 0.808. The summed E-state index contributed by atoms with van der Waals surface area (Å²) >= 11 is 6.18. The number of nitrogens with one attached hydrogen (secondary N) is 1. The minimum atomic E-state index is -0.238. The maximum atomic E-state index is 12.8. The van der Waals surface area contributed by atoms with Gasteiger partial charge in [-0.15, -0.1) is 10.2 Å². The number of hydrogen-bond acceptors (Lipinski definition) is 5. The number of methoxy groups -OCH3 is 1. The Morgan fingerprint density at radius 1 is 1.21 bits per heavy atom. The number of carbonyl (C=O) groups is 2. The summed E-state index contributed by atoms with van der Waals surface area (Å²) in [5.74, 6) is 1.79. The second kappa shape index (κ2) is 12.0. The Bertz CT molecular complexity index is 988. The number of ether oxygens (including phenoxy) is 1. The van der Waals surface area contributed by atoms with Gasteiger partial charge in [0.25, 0.3) is 0 Å². The molecule has 2 heterocycles. The van der Waals surface area contributed by atoms with Crippen LogP contribution in [0.4, 0.5) is 0 Å². The average molecular weight is 474 g/mol. The van der Waals surface area contributed by atoms with Gasteiger partial charge < -0.3 is 19.5 Å². The zero-order valence-corrected chi connectivity index (χ0v) is 20.2. The maximum absolute atomic E-state index is 12.8. The van der Waals surface area contributed by atoms with Gasteiger partial charge in [0.05, 0.1) is 12.6 Å². The van der Waals surface area contributed by atoms with Gasteiger partial charge in [0.15, 0.2) is 5.82 Å². The molecule has 0 aliphatic carbocycles. The van der Waals surface area contributed by atoms with Crippen LogP contribution in [-0.4, -0.2) is 58.3 Å². The molecule has 178 valence electrons. The van der Waals surface area contributed by atoms with Crippen LogP contribution in [0.5, 0.6) is 0 Å². The van der Waals surface area contributed by atoms with E-state index in [4.69, 9.17) is 16.3 Å². The summed E-state index contributed by atoms with van der Waals surface area (Å²) in [6, 6.07) is 7.18. The van der Waals surface area contributed by atoms with Crippen LogP contribution in [0.3, 0.4) is 0 Å². The third-order valence-electron chi connectivity index (χ3n) is 5.56. The molecule has 3 rings (SSSR count). The van der Waals surface area contributed by atoms with Crippen LogP contribution in [0.2, 0.25) is 5.02 Å². The predicted molar refractivity (Wildman–Crippen MR) is 128 cm³/mol. The fourth-order valence-electron chi connectivity index (χ4n) is 3.86. The van der Waals surface area contributed by atoms with Crippen LogP contribution >= 0.6 is 11.6 Å². The second-order valence-corrected chi connectivity index (χ2v) is 8.96. The van der Waals surface area contributed by atoms with E-state index >= 15 is 0 Å². The lowest BCUT2D eigenvalue weighted by molar-refractivity contribution is -0.126. The van der Waals surface area contributed by atoms with Crippen LogP contribution < -0.4 is 5.32 Å². The minimum Gasteiger partial charge on any atom is -0.384 e. The molecular formula is C24H32ClN5O3. The molecule has 1 aliphatic rings. The van der Waals surface area contributed by atoms with Crippen LogP contribution in [0.1, 0.15) is 49.9 Å². The molecule has 1 aromatic heterocycles. The van der Waals surface area contributed by atoms with E-state index in [0.29, 0.717) is 50.0 Å². The van der Waals surface area contributed by atoms with Crippen LogP contribution in [-0.2, 0) is 27.3 Å². The standard InChI is InChI=1S/C24H32ClN5O3/c1-17(2)16-20(26-22(31)11-15-33-3)24-28-27-21-10-12-29(13-14-30(21)24)23(32)9-8-18-6-4-5-7-19(18)25/h4-9,17,20H,10-16H2,1-3H3,(H,26,31)/b9-8+. The highest BCUT2D eigenvalue weighted by Gasteiger charge is 2.26. The fourth-order valence-corrected chi connectivity index (χ4v) is 4.06. The third-order valence-corrected chi connectivity index (χ3v) is 5.91. The Hall–Kier alpha value is -2.71. The van der Waals surface area contributed by atoms with E-state index in [1.807, 2.05) is 18.2 Å². The molecule has 1 aromatic carbocycles. The van der Waals surface area contributed by atoms with Crippen LogP contribution in [0.15, 0.2) is 30.3 Å². The van der Waals surface area contributed by atoms with E-state index in [2.05, 4.69) is 33.9 Å². The normalized spacial score (nSPS) is 14.9. The van der Waals surface area contributed by atoms with Crippen molar-refractivity contribution in [1.29, 1.82) is 0 Å². The van der Waals surface area contributed by atoms with Crippen molar-refractivity contribution in [1.82, 2.24) is 25.0 Å². The Balaban J connectivity index is 1.70. The summed E-state index contributed by atoms with van der Waals surface area (Å²) in [5, 5.41) is 12.5. The summed E-state index contributed by atoms with van der Waals surface area (Å²) in [7, 11) is 1.58. The van der Waals surface area contributed by atoms with E-state index in [9.17, 15) is 9.59 Å². The molecule has 8 nitrogen and oxygen atoms in total. The molecule has 1 N–H and O–H groups in total. The van der Waals surface area contributed by atoms with Gasteiger partial charge in [-0.2, -0.15) is 0 Å². The van der Waals surface area contributed by atoms with Crippen molar-refractivity contribution in [3.8, 4) is 0 Å². The van der Waals surface area contributed by atoms with Gasteiger partial charge in [-0.05, 0) is 30.0 Å². The zero-order valence-electron chi connectivity index (χ0n) is 19.5.